The van der Waals surface area contributed by atoms with Crippen LogP contribution in [0.25, 0.3) is 20.4 Å². The van der Waals surface area contributed by atoms with Gasteiger partial charge in [-0.25, -0.2) is 15.0 Å². The lowest BCUT2D eigenvalue weighted by molar-refractivity contribution is -0.0411. The minimum atomic E-state index is -0.153. The lowest BCUT2D eigenvalue weighted by atomic mass is 9.95. The maximum absolute atomic E-state index is 6.02. The normalized spacial score (nSPS) is 17.3. The average Bonchev–Trinajstić information content (AvgIpc) is 2.73. The van der Waals surface area contributed by atoms with Crippen LogP contribution in [0.1, 0.15) is 30.9 Å². The molecule has 4 rings (SSSR count). The molecule has 0 bridgehead atoms. The first-order chi connectivity index (χ1) is 9.93. The molecule has 6 heteroatoms. The third-order valence-corrected chi connectivity index (χ3v) is 4.94. The molecule has 0 saturated carbocycles. The van der Waals surface area contributed by atoms with Gasteiger partial charge in [0.05, 0.1) is 28.1 Å². The fourth-order valence-electron chi connectivity index (χ4n) is 2.79. The van der Waals surface area contributed by atoms with E-state index in [1.54, 1.807) is 11.3 Å². The van der Waals surface area contributed by atoms with E-state index in [1.165, 1.54) is 0 Å². The van der Waals surface area contributed by atoms with Gasteiger partial charge >= 0.3 is 0 Å². The van der Waals surface area contributed by atoms with Crippen LogP contribution in [0, 0.1) is 6.92 Å². The number of aromatic nitrogens is 3. The van der Waals surface area contributed by atoms with Crippen molar-refractivity contribution in [1.29, 1.82) is 0 Å². The van der Waals surface area contributed by atoms with E-state index in [1.807, 2.05) is 6.92 Å². The predicted octanol–water partition coefficient (Wildman–Crippen LogP) is 2.98. The van der Waals surface area contributed by atoms with E-state index in [2.05, 4.69) is 29.9 Å². The molecule has 21 heavy (non-hydrogen) atoms. The van der Waals surface area contributed by atoms with Crippen molar-refractivity contribution in [3.63, 3.8) is 0 Å². The smallest absolute Gasteiger partial charge is 0.145 e. The van der Waals surface area contributed by atoms with E-state index in [-0.39, 0.29) is 5.60 Å². The molecular weight excluding hydrogens is 284 g/mol. The van der Waals surface area contributed by atoms with Crippen LogP contribution in [0.15, 0.2) is 6.07 Å². The van der Waals surface area contributed by atoms with Gasteiger partial charge in [-0.3, -0.25) is 0 Å². The molecule has 0 atom stereocenters. The van der Waals surface area contributed by atoms with Crippen molar-refractivity contribution in [2.45, 2.75) is 39.4 Å². The number of nitrogens with zero attached hydrogens (tertiary/aromatic N) is 3. The second kappa shape index (κ2) is 4.11. The number of hydrogen-bond acceptors (Lipinski definition) is 6. The topological polar surface area (TPSA) is 73.9 Å². The summed E-state index contributed by atoms with van der Waals surface area (Å²) in [5.74, 6) is 1.23. The molecule has 0 unspecified atom stereocenters. The first-order valence-electron chi connectivity index (χ1n) is 6.92. The lowest BCUT2D eigenvalue weighted by Crippen LogP contribution is -2.32. The second-order valence-corrected chi connectivity index (χ2v) is 7.11. The molecule has 1 aliphatic heterocycles. The monoisotopic (exact) mass is 300 g/mol. The van der Waals surface area contributed by atoms with E-state index in [0.717, 1.165) is 38.1 Å². The zero-order valence-electron chi connectivity index (χ0n) is 12.2. The molecule has 0 aliphatic carbocycles. The van der Waals surface area contributed by atoms with Gasteiger partial charge in [0.15, 0.2) is 0 Å². The first kappa shape index (κ1) is 12.9. The Kier molecular flexibility index (Phi) is 2.53. The largest absolute Gasteiger partial charge is 0.382 e. The van der Waals surface area contributed by atoms with Crippen molar-refractivity contribution in [1.82, 2.24) is 15.0 Å². The summed E-state index contributed by atoms with van der Waals surface area (Å²) in [5, 5.41) is 1.05. The Labute approximate surface area is 126 Å². The lowest BCUT2D eigenvalue weighted by Gasteiger charge is -2.30. The molecule has 0 spiro atoms. The quantitative estimate of drug-likeness (QED) is 0.691. The fourth-order valence-corrected chi connectivity index (χ4v) is 3.81. The zero-order chi connectivity index (χ0) is 14.8. The highest BCUT2D eigenvalue weighted by molar-refractivity contribution is 7.25. The van der Waals surface area contributed by atoms with E-state index >= 15 is 0 Å². The summed E-state index contributed by atoms with van der Waals surface area (Å²) in [6.07, 6.45) is 0.826. The summed E-state index contributed by atoms with van der Waals surface area (Å²) in [5.41, 5.74) is 9.04. The summed E-state index contributed by atoms with van der Waals surface area (Å²) in [7, 11) is 0. The summed E-state index contributed by atoms with van der Waals surface area (Å²) in [6, 6.07) is 2.15. The van der Waals surface area contributed by atoms with Gasteiger partial charge in [0, 0.05) is 17.4 Å². The molecule has 2 N–H and O–H groups in total. The predicted molar refractivity (Wildman–Crippen MR) is 84.4 cm³/mol. The summed E-state index contributed by atoms with van der Waals surface area (Å²) < 4.78 is 6.80. The highest BCUT2D eigenvalue weighted by Gasteiger charge is 2.28. The maximum atomic E-state index is 6.02. The minimum absolute atomic E-state index is 0.153. The van der Waals surface area contributed by atoms with Crippen molar-refractivity contribution in [3.05, 3.63) is 23.1 Å². The van der Waals surface area contributed by atoms with Crippen LogP contribution in [-0.2, 0) is 17.8 Å². The molecule has 0 amide bonds. The fraction of sp³-hybridized carbons (Fsp3) is 0.400. The van der Waals surface area contributed by atoms with Gasteiger partial charge in [-0.15, -0.1) is 11.3 Å². The number of pyridine rings is 1. The summed E-state index contributed by atoms with van der Waals surface area (Å²) in [4.78, 5) is 14.6. The van der Waals surface area contributed by atoms with E-state index in [0.29, 0.717) is 18.2 Å². The van der Waals surface area contributed by atoms with Gasteiger partial charge in [0.1, 0.15) is 16.5 Å². The Morgan fingerprint density at radius 3 is 2.90 bits per heavy atom. The number of fused-ring (bicyclic) bond motifs is 4. The first-order valence-corrected chi connectivity index (χ1v) is 7.74. The Hall–Kier alpha value is -1.79. The molecule has 5 nitrogen and oxygen atoms in total. The number of hydrogen-bond donors (Lipinski definition) is 1. The average molecular weight is 300 g/mol. The number of thiophene rings is 1. The molecule has 108 valence electrons. The third-order valence-electron chi connectivity index (χ3n) is 3.83. The Bertz CT molecular complexity index is 884. The van der Waals surface area contributed by atoms with Crippen LogP contribution in [-0.4, -0.2) is 20.6 Å². The molecular formula is C15H16N4OS. The number of anilines is 1. The van der Waals surface area contributed by atoms with Gasteiger partial charge in [0.25, 0.3) is 0 Å². The number of rotatable bonds is 0. The number of ether oxygens (including phenoxy) is 1. The molecule has 0 fully saturated rings. The van der Waals surface area contributed by atoms with Gasteiger partial charge in [-0.2, -0.15) is 0 Å². The highest BCUT2D eigenvalue weighted by atomic mass is 32.1. The number of aryl methyl sites for hydroxylation is 1. The van der Waals surface area contributed by atoms with E-state index in [9.17, 15) is 0 Å². The molecule has 0 radical (unpaired) electrons. The molecule has 0 aromatic carbocycles. The Balaban J connectivity index is 2.02. The van der Waals surface area contributed by atoms with Crippen LogP contribution >= 0.6 is 11.3 Å². The minimum Gasteiger partial charge on any atom is -0.382 e. The Morgan fingerprint density at radius 1 is 1.29 bits per heavy atom. The van der Waals surface area contributed by atoms with Gasteiger partial charge in [-0.05, 0) is 26.8 Å². The van der Waals surface area contributed by atoms with E-state index < -0.39 is 0 Å². The standard InChI is InChI=1S/C15H16N4OS/c1-7-17-11-9-4-8-6-20-15(2,3)5-10(8)19-14(9)21-12(11)13(16)18-7/h4H,5-6H2,1-3H3,(H2,16,17,18). The van der Waals surface area contributed by atoms with Crippen molar-refractivity contribution in [3.8, 4) is 0 Å². The van der Waals surface area contributed by atoms with Crippen molar-refractivity contribution >= 4 is 37.6 Å². The maximum Gasteiger partial charge on any atom is 0.145 e. The summed E-state index contributed by atoms with van der Waals surface area (Å²) in [6.45, 7) is 6.65. The van der Waals surface area contributed by atoms with Gasteiger partial charge in [0.2, 0.25) is 0 Å². The highest BCUT2D eigenvalue weighted by Crippen LogP contribution is 2.37. The molecule has 1 aliphatic rings. The van der Waals surface area contributed by atoms with Crippen molar-refractivity contribution < 1.29 is 4.74 Å². The molecule has 0 saturated heterocycles. The van der Waals surface area contributed by atoms with Crippen molar-refractivity contribution in [2.75, 3.05) is 5.73 Å². The molecule has 4 heterocycles. The van der Waals surface area contributed by atoms with E-state index in [4.69, 9.17) is 15.5 Å². The van der Waals surface area contributed by atoms with Gasteiger partial charge < -0.3 is 10.5 Å². The number of nitrogens with two attached hydrogens (primary N) is 1. The third kappa shape index (κ3) is 1.98. The SMILES string of the molecule is Cc1nc(N)c2sc3nc4c(cc3c2n1)COC(C)(C)C4. The molecule has 3 aromatic rings. The second-order valence-electron chi connectivity index (χ2n) is 6.11. The van der Waals surface area contributed by atoms with Gasteiger partial charge in [-0.1, -0.05) is 0 Å². The van der Waals surface area contributed by atoms with Crippen LogP contribution in [0.3, 0.4) is 0 Å². The van der Waals surface area contributed by atoms with Crippen molar-refractivity contribution in [2.24, 2.45) is 0 Å². The van der Waals surface area contributed by atoms with Crippen LogP contribution in [0.4, 0.5) is 5.82 Å². The zero-order valence-corrected chi connectivity index (χ0v) is 13.0. The summed E-state index contributed by atoms with van der Waals surface area (Å²) >= 11 is 1.57. The Morgan fingerprint density at radius 2 is 2.10 bits per heavy atom. The van der Waals surface area contributed by atoms with Crippen LogP contribution < -0.4 is 5.73 Å². The van der Waals surface area contributed by atoms with Crippen LogP contribution in [0.5, 0.6) is 0 Å². The van der Waals surface area contributed by atoms with Crippen LogP contribution in [0.2, 0.25) is 0 Å². The number of nitrogen functional groups attached to an aromatic ring is 1. The molecule has 3 aromatic heterocycles.